The highest BCUT2D eigenvalue weighted by atomic mass is 35.5. The maximum atomic E-state index is 12.8. The Hall–Kier alpha value is -3.68. The smallest absolute Gasteiger partial charge is 0.251 e. The number of carbonyl (C=O) groups excluding carboxylic acids is 1. The summed E-state index contributed by atoms with van der Waals surface area (Å²) in [6.45, 7) is 0.433. The predicted molar refractivity (Wildman–Crippen MR) is 129 cm³/mol. The molecule has 0 aliphatic heterocycles. The van der Waals surface area contributed by atoms with Crippen LogP contribution in [0.3, 0.4) is 0 Å². The lowest BCUT2D eigenvalue weighted by Gasteiger charge is -2.05. The van der Waals surface area contributed by atoms with Crippen LogP contribution in [-0.2, 0) is 6.54 Å². The summed E-state index contributed by atoms with van der Waals surface area (Å²) in [4.78, 5) is 20.8. The van der Waals surface area contributed by atoms with Gasteiger partial charge in [0.1, 0.15) is 5.69 Å². The van der Waals surface area contributed by atoms with Crippen molar-refractivity contribution in [2.24, 2.45) is 0 Å². The Balaban J connectivity index is 1.26. The number of rotatable bonds is 4. The summed E-state index contributed by atoms with van der Waals surface area (Å²) >= 11 is 7.78. The number of carbonyl (C=O) groups is 1. The van der Waals surface area contributed by atoms with E-state index in [1.807, 2.05) is 48.5 Å². The Kier molecular flexibility index (Phi) is 4.45. The quantitative estimate of drug-likeness (QED) is 0.308. The number of nitrogens with zero attached hydrogens (tertiary/aromatic N) is 2. The van der Waals surface area contributed by atoms with Gasteiger partial charge in [0.25, 0.3) is 5.91 Å². The van der Waals surface area contributed by atoms with E-state index in [9.17, 15) is 4.79 Å². The van der Waals surface area contributed by atoms with Crippen molar-refractivity contribution in [1.82, 2.24) is 25.5 Å². The Labute approximate surface area is 191 Å². The Morgan fingerprint density at radius 2 is 1.94 bits per heavy atom. The van der Waals surface area contributed by atoms with Crippen LogP contribution in [0.25, 0.3) is 43.5 Å². The van der Waals surface area contributed by atoms with Crippen LogP contribution in [0.5, 0.6) is 0 Å². The van der Waals surface area contributed by atoms with Crippen molar-refractivity contribution >= 4 is 60.9 Å². The minimum absolute atomic E-state index is 0.150. The molecule has 6 nitrogen and oxygen atoms in total. The molecule has 0 saturated heterocycles. The monoisotopic (exact) mass is 457 g/mol. The summed E-state index contributed by atoms with van der Waals surface area (Å²) in [5, 5.41) is 15.2. The summed E-state index contributed by atoms with van der Waals surface area (Å²) in [5.41, 5.74) is 4.88. The molecule has 156 valence electrons. The highest BCUT2D eigenvalue weighted by molar-refractivity contribution is 7.17. The molecule has 0 bridgehead atoms. The molecule has 1 amide bonds. The van der Waals surface area contributed by atoms with Crippen LogP contribution in [0.4, 0.5) is 0 Å². The summed E-state index contributed by atoms with van der Waals surface area (Å²) in [7, 11) is 0. The average Bonchev–Trinajstić information content (AvgIpc) is 3.52. The first kappa shape index (κ1) is 19.0. The normalized spacial score (nSPS) is 11.5. The minimum atomic E-state index is -0.150. The van der Waals surface area contributed by atoms with Gasteiger partial charge in [-0.25, -0.2) is 4.98 Å². The van der Waals surface area contributed by atoms with Crippen molar-refractivity contribution in [3.63, 3.8) is 0 Å². The van der Waals surface area contributed by atoms with E-state index >= 15 is 0 Å². The molecule has 3 aromatic heterocycles. The SMILES string of the molecule is O=C(NCc1csc2ccc(Cl)cc12)c1ccc2[nH]c(-c3n[nH]c4ccccc34)nc2c1. The van der Waals surface area contributed by atoms with E-state index in [1.165, 1.54) is 0 Å². The Morgan fingerprint density at radius 1 is 1.03 bits per heavy atom. The summed E-state index contributed by atoms with van der Waals surface area (Å²) in [5.74, 6) is 0.514. The van der Waals surface area contributed by atoms with Crippen LogP contribution in [0.2, 0.25) is 5.02 Å². The van der Waals surface area contributed by atoms with Crippen molar-refractivity contribution in [2.75, 3.05) is 0 Å². The minimum Gasteiger partial charge on any atom is -0.348 e. The van der Waals surface area contributed by atoms with Gasteiger partial charge in [-0.3, -0.25) is 9.89 Å². The standard InChI is InChI=1S/C24H16ClN5OS/c25-15-6-8-21-17(10-15)14(12-32-21)11-26-24(31)13-5-7-19-20(9-13)28-23(27-19)22-16-3-1-2-4-18(16)29-30-22/h1-10,12H,11H2,(H,26,31)(H,27,28)(H,29,30). The van der Waals surface area contributed by atoms with Crippen molar-refractivity contribution in [2.45, 2.75) is 6.54 Å². The maximum absolute atomic E-state index is 12.8. The summed E-state index contributed by atoms with van der Waals surface area (Å²) in [6.07, 6.45) is 0. The van der Waals surface area contributed by atoms with Crippen molar-refractivity contribution in [1.29, 1.82) is 0 Å². The fraction of sp³-hybridized carbons (Fsp3) is 0.0417. The van der Waals surface area contributed by atoms with Gasteiger partial charge in [-0.15, -0.1) is 11.3 Å². The van der Waals surface area contributed by atoms with Gasteiger partial charge < -0.3 is 10.3 Å². The summed E-state index contributed by atoms with van der Waals surface area (Å²) in [6, 6.07) is 19.2. The second-order valence-electron chi connectivity index (χ2n) is 7.52. The molecule has 0 aliphatic rings. The molecule has 32 heavy (non-hydrogen) atoms. The summed E-state index contributed by atoms with van der Waals surface area (Å²) < 4.78 is 1.15. The second-order valence-corrected chi connectivity index (χ2v) is 8.87. The molecule has 0 aliphatic carbocycles. The number of aromatic nitrogens is 4. The van der Waals surface area contributed by atoms with Crippen molar-refractivity contribution < 1.29 is 4.79 Å². The zero-order valence-electron chi connectivity index (χ0n) is 16.6. The van der Waals surface area contributed by atoms with Gasteiger partial charge >= 0.3 is 0 Å². The van der Waals surface area contributed by atoms with Gasteiger partial charge in [-0.05, 0) is 58.8 Å². The maximum Gasteiger partial charge on any atom is 0.251 e. The molecule has 6 rings (SSSR count). The molecule has 3 N–H and O–H groups in total. The first-order valence-corrected chi connectivity index (χ1v) is 11.3. The Morgan fingerprint density at radius 3 is 2.88 bits per heavy atom. The fourth-order valence-corrected chi connectivity index (χ4v) is 4.99. The van der Waals surface area contributed by atoms with Gasteiger partial charge in [0.2, 0.25) is 0 Å². The molecule has 8 heteroatoms. The third-order valence-electron chi connectivity index (χ3n) is 5.50. The van der Waals surface area contributed by atoms with Crippen LogP contribution in [-0.4, -0.2) is 26.1 Å². The number of imidazole rings is 1. The number of hydrogen-bond donors (Lipinski definition) is 3. The van der Waals surface area contributed by atoms with E-state index < -0.39 is 0 Å². The first-order valence-electron chi connectivity index (χ1n) is 10.0. The fourth-order valence-electron chi connectivity index (χ4n) is 3.87. The molecule has 0 unspecified atom stereocenters. The van der Waals surface area contributed by atoms with E-state index in [-0.39, 0.29) is 5.91 Å². The zero-order valence-corrected chi connectivity index (χ0v) is 18.2. The lowest BCUT2D eigenvalue weighted by atomic mass is 10.1. The van der Waals surface area contributed by atoms with Crippen LogP contribution in [0.1, 0.15) is 15.9 Å². The lowest BCUT2D eigenvalue weighted by molar-refractivity contribution is 0.0951. The third-order valence-corrected chi connectivity index (χ3v) is 6.74. The van der Waals surface area contributed by atoms with Crippen LogP contribution >= 0.6 is 22.9 Å². The number of hydrogen-bond acceptors (Lipinski definition) is 4. The number of nitrogens with one attached hydrogen (secondary N) is 3. The van der Waals surface area contributed by atoms with Gasteiger partial charge in [0.05, 0.1) is 16.6 Å². The number of amides is 1. The van der Waals surface area contributed by atoms with E-state index in [1.54, 1.807) is 23.5 Å². The molecule has 0 saturated carbocycles. The third kappa shape index (κ3) is 3.23. The molecule has 3 aromatic carbocycles. The number of halogens is 1. The number of thiophene rings is 1. The van der Waals surface area contributed by atoms with E-state index in [4.69, 9.17) is 11.6 Å². The second kappa shape index (κ2) is 7.47. The number of benzene rings is 3. The molecular weight excluding hydrogens is 442 g/mol. The number of H-pyrrole nitrogens is 2. The van der Waals surface area contributed by atoms with Gasteiger partial charge in [-0.2, -0.15) is 5.10 Å². The number of aromatic amines is 2. The topological polar surface area (TPSA) is 86.5 Å². The molecule has 6 aromatic rings. The van der Waals surface area contributed by atoms with Gasteiger partial charge in [0, 0.05) is 27.2 Å². The molecular formula is C24H16ClN5OS. The Bertz CT molecular complexity index is 1630. The van der Waals surface area contributed by atoms with Crippen LogP contribution in [0.15, 0.2) is 66.0 Å². The first-order chi connectivity index (χ1) is 15.7. The van der Waals surface area contributed by atoms with E-state index in [2.05, 4.69) is 30.9 Å². The molecule has 3 heterocycles. The molecule has 0 atom stereocenters. The van der Waals surface area contributed by atoms with Crippen LogP contribution in [0, 0.1) is 0 Å². The van der Waals surface area contributed by atoms with Crippen molar-refractivity contribution in [3.8, 4) is 11.5 Å². The van der Waals surface area contributed by atoms with Gasteiger partial charge in [0.15, 0.2) is 5.82 Å². The zero-order chi connectivity index (χ0) is 21.7. The number of para-hydroxylation sites is 1. The molecule has 0 spiro atoms. The predicted octanol–water partition coefficient (Wildman–Crippen LogP) is 5.90. The highest BCUT2D eigenvalue weighted by Crippen LogP contribution is 2.29. The van der Waals surface area contributed by atoms with Gasteiger partial charge in [-0.1, -0.05) is 29.8 Å². The van der Waals surface area contributed by atoms with Crippen LogP contribution < -0.4 is 5.32 Å². The largest absolute Gasteiger partial charge is 0.348 e. The van der Waals surface area contributed by atoms with Crippen molar-refractivity contribution in [3.05, 3.63) is 82.2 Å². The van der Waals surface area contributed by atoms with E-state index in [0.29, 0.717) is 28.5 Å². The lowest BCUT2D eigenvalue weighted by Crippen LogP contribution is -2.22. The number of fused-ring (bicyclic) bond motifs is 3. The average molecular weight is 458 g/mol. The molecule has 0 fully saturated rings. The molecule has 0 radical (unpaired) electrons. The van der Waals surface area contributed by atoms with E-state index in [0.717, 1.165) is 37.8 Å². The highest BCUT2D eigenvalue weighted by Gasteiger charge is 2.14.